The summed E-state index contributed by atoms with van der Waals surface area (Å²) >= 11 is 0. The van der Waals surface area contributed by atoms with Crippen LogP contribution in [-0.2, 0) is 5.41 Å². The summed E-state index contributed by atoms with van der Waals surface area (Å²) in [5, 5.41) is 2.27. The highest BCUT2D eigenvalue weighted by Crippen LogP contribution is 2.63. The molecule has 12 rings (SSSR count). The van der Waals surface area contributed by atoms with Gasteiger partial charge in [-0.3, -0.25) is 4.90 Å². The lowest BCUT2D eigenvalue weighted by Crippen LogP contribution is -2.36. The standard InChI is InChI=1S/C52H32N4O/c1-3-15-33(16-4-1)49-53-50(34-17-5-2-6-18-34)55-51(54-49)56-45-24-12-10-22-43(45)52(44-23-11-13-25-46(44)56)41-21-9-7-19-37(41)40-31-35(28-30-42(40)52)36-27-29-39-38-20-8-14-26-47(38)57-48(39)32-36/h1-32H. The number of benzene rings is 8. The van der Waals surface area contributed by atoms with Crippen LogP contribution in [0.25, 0.3) is 67.0 Å². The molecule has 5 heteroatoms. The number of hydrogen-bond donors (Lipinski definition) is 0. The molecule has 266 valence electrons. The van der Waals surface area contributed by atoms with E-state index >= 15 is 0 Å². The van der Waals surface area contributed by atoms with E-state index in [1.54, 1.807) is 0 Å². The van der Waals surface area contributed by atoms with Crippen LogP contribution in [0.2, 0.25) is 0 Å². The zero-order chi connectivity index (χ0) is 37.5. The van der Waals surface area contributed by atoms with Crippen LogP contribution in [0.3, 0.4) is 0 Å². The summed E-state index contributed by atoms with van der Waals surface area (Å²) in [6.45, 7) is 0. The smallest absolute Gasteiger partial charge is 0.238 e. The van der Waals surface area contributed by atoms with E-state index in [4.69, 9.17) is 19.4 Å². The summed E-state index contributed by atoms with van der Waals surface area (Å²) in [5.41, 5.74) is 14.7. The molecule has 0 amide bonds. The van der Waals surface area contributed by atoms with Crippen molar-refractivity contribution >= 4 is 39.3 Å². The second-order valence-corrected chi connectivity index (χ2v) is 14.7. The Morgan fingerprint density at radius 2 is 0.895 bits per heavy atom. The lowest BCUT2D eigenvalue weighted by molar-refractivity contribution is 0.669. The SMILES string of the molecule is c1ccc(-c2nc(-c3ccccc3)nc(N3c4ccccc4C4(c5ccccc5-c5cc(-c6ccc7c(c6)oc6ccccc67)ccc54)c4ccccc43)n2)cc1. The molecule has 5 nitrogen and oxygen atoms in total. The van der Waals surface area contributed by atoms with Crippen molar-refractivity contribution in [3.05, 3.63) is 216 Å². The molecule has 8 aromatic carbocycles. The van der Waals surface area contributed by atoms with Gasteiger partial charge in [-0.05, 0) is 80.9 Å². The number of para-hydroxylation sites is 3. The summed E-state index contributed by atoms with van der Waals surface area (Å²) in [7, 11) is 0. The summed E-state index contributed by atoms with van der Waals surface area (Å²) in [6.07, 6.45) is 0. The Labute approximate surface area is 329 Å². The predicted molar refractivity (Wildman–Crippen MR) is 229 cm³/mol. The molecular weight excluding hydrogens is 697 g/mol. The van der Waals surface area contributed by atoms with Gasteiger partial charge in [0.2, 0.25) is 5.95 Å². The molecule has 1 spiro atoms. The van der Waals surface area contributed by atoms with Gasteiger partial charge in [0.1, 0.15) is 11.2 Å². The first kappa shape index (κ1) is 31.7. The van der Waals surface area contributed by atoms with Crippen LogP contribution in [0.5, 0.6) is 0 Å². The van der Waals surface area contributed by atoms with Crippen molar-refractivity contribution in [2.45, 2.75) is 5.41 Å². The zero-order valence-electron chi connectivity index (χ0n) is 30.7. The van der Waals surface area contributed by atoms with Gasteiger partial charge < -0.3 is 4.42 Å². The highest BCUT2D eigenvalue weighted by molar-refractivity contribution is 6.06. The van der Waals surface area contributed by atoms with Gasteiger partial charge in [-0.25, -0.2) is 4.98 Å². The molecule has 3 heterocycles. The Balaban J connectivity index is 1.08. The molecule has 0 bridgehead atoms. The van der Waals surface area contributed by atoms with Gasteiger partial charge in [-0.15, -0.1) is 0 Å². The summed E-state index contributed by atoms with van der Waals surface area (Å²) in [5.74, 6) is 1.82. The van der Waals surface area contributed by atoms with Gasteiger partial charge in [-0.2, -0.15) is 9.97 Å². The topological polar surface area (TPSA) is 55.1 Å². The molecule has 0 radical (unpaired) electrons. The number of hydrogen-bond acceptors (Lipinski definition) is 5. The second-order valence-electron chi connectivity index (χ2n) is 14.7. The summed E-state index contributed by atoms with van der Waals surface area (Å²) in [6, 6.07) is 68.6. The fourth-order valence-corrected chi connectivity index (χ4v) is 9.31. The largest absolute Gasteiger partial charge is 0.456 e. The molecule has 0 saturated carbocycles. The number of nitrogens with zero attached hydrogens (tertiary/aromatic N) is 4. The molecule has 1 aliphatic heterocycles. The molecule has 0 unspecified atom stereocenters. The summed E-state index contributed by atoms with van der Waals surface area (Å²) < 4.78 is 6.32. The highest BCUT2D eigenvalue weighted by atomic mass is 16.3. The molecular formula is C52H32N4O. The lowest BCUT2D eigenvalue weighted by atomic mass is 9.64. The minimum Gasteiger partial charge on any atom is -0.456 e. The Morgan fingerprint density at radius 3 is 1.60 bits per heavy atom. The van der Waals surface area contributed by atoms with Crippen LogP contribution in [0.15, 0.2) is 199 Å². The molecule has 10 aromatic rings. The van der Waals surface area contributed by atoms with Crippen LogP contribution in [0.1, 0.15) is 22.3 Å². The average Bonchev–Trinajstić information content (AvgIpc) is 3.80. The Bertz CT molecular complexity index is 3100. The van der Waals surface area contributed by atoms with E-state index in [0.29, 0.717) is 17.6 Å². The number of anilines is 3. The van der Waals surface area contributed by atoms with Crippen LogP contribution < -0.4 is 4.90 Å². The Kier molecular flexibility index (Phi) is 6.78. The van der Waals surface area contributed by atoms with Crippen molar-refractivity contribution in [2.75, 3.05) is 4.90 Å². The Hall–Kier alpha value is -7.63. The van der Waals surface area contributed by atoms with E-state index < -0.39 is 5.41 Å². The van der Waals surface area contributed by atoms with Crippen LogP contribution in [0.4, 0.5) is 17.3 Å². The minimum absolute atomic E-state index is 0.570. The molecule has 0 saturated heterocycles. The normalized spacial score (nSPS) is 13.4. The van der Waals surface area contributed by atoms with Crippen molar-refractivity contribution in [2.24, 2.45) is 0 Å². The second kappa shape index (κ2) is 12.2. The first-order valence-electron chi connectivity index (χ1n) is 19.3. The van der Waals surface area contributed by atoms with Crippen molar-refractivity contribution in [1.29, 1.82) is 0 Å². The van der Waals surface area contributed by atoms with Crippen LogP contribution in [-0.4, -0.2) is 15.0 Å². The van der Waals surface area contributed by atoms with Crippen molar-refractivity contribution in [3.8, 4) is 45.0 Å². The van der Waals surface area contributed by atoms with E-state index in [2.05, 4.69) is 150 Å². The van der Waals surface area contributed by atoms with Crippen molar-refractivity contribution < 1.29 is 4.42 Å². The van der Waals surface area contributed by atoms with E-state index in [-0.39, 0.29) is 0 Å². The van der Waals surface area contributed by atoms with Crippen LogP contribution in [0, 0.1) is 0 Å². The van der Waals surface area contributed by atoms with Crippen molar-refractivity contribution in [3.63, 3.8) is 0 Å². The quantitative estimate of drug-likeness (QED) is 0.181. The lowest BCUT2D eigenvalue weighted by Gasteiger charge is -2.44. The molecule has 0 N–H and O–H groups in total. The van der Waals surface area contributed by atoms with Crippen LogP contribution >= 0.6 is 0 Å². The van der Waals surface area contributed by atoms with Gasteiger partial charge in [0.15, 0.2) is 11.6 Å². The maximum absolute atomic E-state index is 6.32. The molecule has 0 atom stereocenters. The van der Waals surface area contributed by atoms with E-state index in [9.17, 15) is 0 Å². The van der Waals surface area contributed by atoms with Gasteiger partial charge in [-0.1, -0.05) is 158 Å². The first-order valence-corrected chi connectivity index (χ1v) is 19.3. The fourth-order valence-electron chi connectivity index (χ4n) is 9.31. The van der Waals surface area contributed by atoms with E-state index in [1.165, 1.54) is 33.4 Å². The average molecular weight is 729 g/mol. The van der Waals surface area contributed by atoms with Gasteiger partial charge in [0, 0.05) is 21.9 Å². The summed E-state index contributed by atoms with van der Waals surface area (Å²) in [4.78, 5) is 17.7. The third-order valence-corrected chi connectivity index (χ3v) is 11.7. The number of rotatable bonds is 4. The maximum atomic E-state index is 6.32. The van der Waals surface area contributed by atoms with Crippen molar-refractivity contribution in [1.82, 2.24) is 15.0 Å². The highest BCUT2D eigenvalue weighted by Gasteiger charge is 2.52. The number of furan rings is 1. The number of fused-ring (bicyclic) bond motifs is 12. The number of aromatic nitrogens is 3. The third kappa shape index (κ3) is 4.60. The zero-order valence-corrected chi connectivity index (χ0v) is 30.7. The maximum Gasteiger partial charge on any atom is 0.238 e. The molecule has 1 aliphatic carbocycles. The Morgan fingerprint density at radius 1 is 0.368 bits per heavy atom. The van der Waals surface area contributed by atoms with Gasteiger partial charge >= 0.3 is 0 Å². The first-order chi connectivity index (χ1) is 28.3. The third-order valence-electron chi connectivity index (χ3n) is 11.7. The minimum atomic E-state index is -0.589. The molecule has 2 aromatic heterocycles. The van der Waals surface area contributed by atoms with Gasteiger partial charge in [0.05, 0.1) is 16.8 Å². The monoisotopic (exact) mass is 728 g/mol. The molecule has 2 aliphatic rings. The molecule has 57 heavy (non-hydrogen) atoms. The predicted octanol–water partition coefficient (Wildman–Crippen LogP) is 12.9. The van der Waals surface area contributed by atoms with E-state index in [1.807, 2.05) is 48.5 Å². The van der Waals surface area contributed by atoms with E-state index in [0.717, 1.165) is 55.6 Å². The fraction of sp³-hybridized carbons (Fsp3) is 0.0192. The molecule has 0 fully saturated rings. The van der Waals surface area contributed by atoms with Gasteiger partial charge in [0.25, 0.3) is 0 Å².